The highest BCUT2D eigenvalue weighted by Gasteiger charge is 2.15. The zero-order valence-corrected chi connectivity index (χ0v) is 12.0. The van der Waals surface area contributed by atoms with Gasteiger partial charge in [-0.25, -0.2) is 0 Å². The Hall–Kier alpha value is -0.910. The third-order valence-electron chi connectivity index (χ3n) is 2.57. The monoisotopic (exact) mass is 270 g/mol. The van der Waals surface area contributed by atoms with E-state index in [1.807, 2.05) is 17.5 Å². The van der Waals surface area contributed by atoms with Crippen molar-refractivity contribution in [2.45, 2.75) is 32.9 Å². The van der Waals surface area contributed by atoms with Crippen LogP contribution in [-0.4, -0.2) is 30.1 Å². The smallest absolute Gasteiger partial charge is 0.236 e. The number of carbonyl (C=O) groups excluding carboxylic acids is 1. The van der Waals surface area contributed by atoms with Crippen molar-refractivity contribution in [1.82, 2.24) is 10.6 Å². The fraction of sp³-hybridized carbons (Fsp3) is 0.615. The fourth-order valence-electron chi connectivity index (χ4n) is 1.42. The molecule has 0 saturated heterocycles. The number of aliphatic hydroxyl groups is 1. The molecular formula is C13H22N2O2S. The second-order valence-electron chi connectivity index (χ2n) is 4.80. The Balaban J connectivity index is 2.28. The molecule has 4 nitrogen and oxygen atoms in total. The summed E-state index contributed by atoms with van der Waals surface area (Å²) in [5.74, 6) is 0.417. The molecule has 1 aromatic rings. The Morgan fingerprint density at radius 1 is 1.39 bits per heavy atom. The van der Waals surface area contributed by atoms with Crippen molar-refractivity contribution in [3.8, 4) is 0 Å². The zero-order chi connectivity index (χ0) is 13.5. The van der Waals surface area contributed by atoms with Crippen molar-refractivity contribution in [3.63, 3.8) is 0 Å². The van der Waals surface area contributed by atoms with Crippen LogP contribution in [0, 0.1) is 5.92 Å². The largest absolute Gasteiger partial charge is 0.386 e. The summed E-state index contributed by atoms with van der Waals surface area (Å²) in [6.45, 7) is 6.98. The number of nitrogens with one attached hydrogen (secondary N) is 2. The molecule has 0 bridgehead atoms. The van der Waals surface area contributed by atoms with E-state index in [4.69, 9.17) is 0 Å². The third kappa shape index (κ3) is 5.16. The Morgan fingerprint density at radius 2 is 2.11 bits per heavy atom. The molecule has 1 heterocycles. The first-order valence-corrected chi connectivity index (χ1v) is 7.11. The molecule has 2 unspecified atom stereocenters. The van der Waals surface area contributed by atoms with Crippen LogP contribution in [0.5, 0.6) is 0 Å². The molecule has 0 aliphatic carbocycles. The van der Waals surface area contributed by atoms with Gasteiger partial charge in [-0.2, -0.15) is 0 Å². The van der Waals surface area contributed by atoms with Gasteiger partial charge in [-0.15, -0.1) is 11.3 Å². The molecule has 3 N–H and O–H groups in total. The molecule has 0 aliphatic heterocycles. The van der Waals surface area contributed by atoms with Crippen LogP contribution in [-0.2, 0) is 4.79 Å². The summed E-state index contributed by atoms with van der Waals surface area (Å²) >= 11 is 1.51. The average Bonchev–Trinajstić information content (AvgIpc) is 2.86. The lowest BCUT2D eigenvalue weighted by molar-refractivity contribution is -0.123. The quantitative estimate of drug-likeness (QED) is 0.704. The number of aliphatic hydroxyl groups excluding tert-OH is 1. The van der Waals surface area contributed by atoms with Gasteiger partial charge in [0.15, 0.2) is 0 Å². The van der Waals surface area contributed by atoms with E-state index in [0.717, 1.165) is 4.88 Å². The van der Waals surface area contributed by atoms with Crippen LogP contribution in [0.15, 0.2) is 17.5 Å². The summed E-state index contributed by atoms with van der Waals surface area (Å²) in [6, 6.07) is 3.50. The summed E-state index contributed by atoms with van der Waals surface area (Å²) in [7, 11) is 0. The standard InChI is InChI=1S/C13H22N2O2S/c1-9(2)7-15-13(17)10(3)14-8-11(16)12-5-4-6-18-12/h4-6,9-11,14,16H,7-8H2,1-3H3,(H,15,17). The van der Waals surface area contributed by atoms with Crippen LogP contribution in [0.4, 0.5) is 0 Å². The van der Waals surface area contributed by atoms with Gasteiger partial charge in [0.25, 0.3) is 0 Å². The van der Waals surface area contributed by atoms with E-state index in [1.165, 1.54) is 11.3 Å². The minimum absolute atomic E-state index is 0.0259. The van der Waals surface area contributed by atoms with Gasteiger partial charge in [-0.3, -0.25) is 4.79 Å². The summed E-state index contributed by atoms with van der Waals surface area (Å²) < 4.78 is 0. The lowest BCUT2D eigenvalue weighted by Crippen LogP contribution is -2.44. The van der Waals surface area contributed by atoms with Gasteiger partial charge < -0.3 is 15.7 Å². The molecule has 0 fully saturated rings. The van der Waals surface area contributed by atoms with Crippen LogP contribution in [0.3, 0.4) is 0 Å². The number of thiophene rings is 1. The molecule has 2 atom stereocenters. The van der Waals surface area contributed by atoms with E-state index < -0.39 is 6.10 Å². The minimum atomic E-state index is -0.551. The highest BCUT2D eigenvalue weighted by molar-refractivity contribution is 7.10. The van der Waals surface area contributed by atoms with E-state index in [2.05, 4.69) is 24.5 Å². The first kappa shape index (κ1) is 15.1. The Morgan fingerprint density at radius 3 is 2.67 bits per heavy atom. The zero-order valence-electron chi connectivity index (χ0n) is 11.1. The fourth-order valence-corrected chi connectivity index (χ4v) is 2.13. The predicted molar refractivity (Wildman–Crippen MR) is 74.6 cm³/mol. The van der Waals surface area contributed by atoms with E-state index in [9.17, 15) is 9.90 Å². The van der Waals surface area contributed by atoms with Crippen LogP contribution in [0.2, 0.25) is 0 Å². The molecule has 18 heavy (non-hydrogen) atoms. The summed E-state index contributed by atoms with van der Waals surface area (Å²) in [5, 5.41) is 17.7. The lowest BCUT2D eigenvalue weighted by Gasteiger charge is -2.17. The molecule has 0 saturated carbocycles. The summed E-state index contributed by atoms with van der Waals surface area (Å²) in [4.78, 5) is 12.6. The van der Waals surface area contributed by atoms with Crippen LogP contribution < -0.4 is 10.6 Å². The normalized spacial score (nSPS) is 14.5. The van der Waals surface area contributed by atoms with Crippen LogP contribution in [0.25, 0.3) is 0 Å². The van der Waals surface area contributed by atoms with Crippen LogP contribution >= 0.6 is 11.3 Å². The number of hydrogen-bond donors (Lipinski definition) is 3. The summed E-state index contributed by atoms with van der Waals surface area (Å²) in [6.07, 6.45) is -0.551. The Bertz CT molecular complexity index is 352. The van der Waals surface area contributed by atoms with E-state index in [0.29, 0.717) is 19.0 Å². The SMILES string of the molecule is CC(C)CNC(=O)C(C)NCC(O)c1cccs1. The number of rotatable bonds is 7. The van der Waals surface area contributed by atoms with Gasteiger partial charge in [0, 0.05) is 18.0 Å². The minimum Gasteiger partial charge on any atom is -0.386 e. The van der Waals surface area contributed by atoms with Gasteiger partial charge in [0.2, 0.25) is 5.91 Å². The maximum atomic E-state index is 11.7. The maximum Gasteiger partial charge on any atom is 0.236 e. The first-order valence-electron chi connectivity index (χ1n) is 6.23. The second-order valence-corrected chi connectivity index (χ2v) is 5.78. The Kier molecular flexibility index (Phi) is 6.32. The predicted octanol–water partition coefficient (Wildman–Crippen LogP) is 1.53. The van der Waals surface area contributed by atoms with E-state index in [1.54, 1.807) is 6.92 Å². The van der Waals surface area contributed by atoms with Crippen molar-refractivity contribution in [3.05, 3.63) is 22.4 Å². The topological polar surface area (TPSA) is 61.4 Å². The van der Waals surface area contributed by atoms with Crippen molar-refractivity contribution >= 4 is 17.2 Å². The summed E-state index contributed by atoms with van der Waals surface area (Å²) in [5.41, 5.74) is 0. The van der Waals surface area contributed by atoms with E-state index >= 15 is 0 Å². The molecule has 1 amide bonds. The number of amides is 1. The van der Waals surface area contributed by atoms with Crippen molar-refractivity contribution in [2.24, 2.45) is 5.92 Å². The molecule has 102 valence electrons. The number of carbonyl (C=O) groups is 1. The molecule has 0 aliphatic rings. The van der Waals surface area contributed by atoms with Crippen molar-refractivity contribution in [2.75, 3.05) is 13.1 Å². The van der Waals surface area contributed by atoms with Gasteiger partial charge in [-0.1, -0.05) is 19.9 Å². The highest BCUT2D eigenvalue weighted by Crippen LogP contribution is 2.17. The van der Waals surface area contributed by atoms with Crippen LogP contribution in [0.1, 0.15) is 31.8 Å². The maximum absolute atomic E-state index is 11.7. The molecule has 1 aromatic heterocycles. The molecular weight excluding hydrogens is 248 g/mol. The molecule has 1 rings (SSSR count). The first-order chi connectivity index (χ1) is 8.50. The van der Waals surface area contributed by atoms with Gasteiger partial charge in [-0.05, 0) is 24.3 Å². The van der Waals surface area contributed by atoms with Crippen molar-refractivity contribution in [1.29, 1.82) is 0 Å². The molecule has 0 spiro atoms. The highest BCUT2D eigenvalue weighted by atomic mass is 32.1. The molecule has 5 heteroatoms. The number of hydrogen-bond acceptors (Lipinski definition) is 4. The average molecular weight is 270 g/mol. The van der Waals surface area contributed by atoms with Crippen molar-refractivity contribution < 1.29 is 9.90 Å². The second kappa shape index (κ2) is 7.51. The Labute approximate surface area is 112 Å². The van der Waals surface area contributed by atoms with Gasteiger partial charge in [0.05, 0.1) is 6.04 Å². The van der Waals surface area contributed by atoms with Gasteiger partial charge >= 0.3 is 0 Å². The molecule has 0 aromatic carbocycles. The lowest BCUT2D eigenvalue weighted by atomic mass is 10.2. The third-order valence-corrected chi connectivity index (χ3v) is 3.54. The van der Waals surface area contributed by atoms with Gasteiger partial charge in [0.1, 0.15) is 6.10 Å². The molecule has 0 radical (unpaired) electrons. The van der Waals surface area contributed by atoms with E-state index in [-0.39, 0.29) is 11.9 Å².